The Morgan fingerprint density at radius 2 is 0.225 bits per heavy atom. The van der Waals surface area contributed by atoms with Gasteiger partial charge in [-0.05, 0) is 95.3 Å². The Morgan fingerprint density at radius 1 is 0.163 bits per heavy atom. The standard InChI is InChI=1S/4C18H15P.CHCl2.Pd/c4*1-4-10-16(11-5-1)19(17-12-6-2-7-13-17)18-14-8-3-9-15-18;2-1-3;/h4*1-15H;1H;. The third-order valence-electron chi connectivity index (χ3n) is 12.2. The zero-order valence-corrected chi connectivity index (χ0v) is 50.7. The maximum atomic E-state index is 4.97. The summed E-state index contributed by atoms with van der Waals surface area (Å²) < 4.78 is -0.372. The van der Waals surface area contributed by atoms with E-state index in [0.717, 1.165) is 0 Å². The van der Waals surface area contributed by atoms with E-state index in [9.17, 15) is 0 Å². The molecule has 12 aromatic carbocycles. The fourth-order valence-electron chi connectivity index (χ4n) is 8.71. The number of benzene rings is 12. The van der Waals surface area contributed by atoms with Crippen molar-refractivity contribution in [2.45, 2.75) is 3.31 Å². The predicted molar refractivity (Wildman–Crippen MR) is 356 cm³/mol. The molecular weight excluding hydrogens is 1180 g/mol. The first kappa shape index (κ1) is 59.7. The van der Waals surface area contributed by atoms with Crippen molar-refractivity contribution in [1.82, 2.24) is 0 Å². The molecule has 0 amide bonds. The van der Waals surface area contributed by atoms with Gasteiger partial charge in [0.15, 0.2) is 0 Å². The van der Waals surface area contributed by atoms with E-state index < -0.39 is 31.7 Å². The van der Waals surface area contributed by atoms with Crippen molar-refractivity contribution in [3.63, 3.8) is 0 Å². The van der Waals surface area contributed by atoms with Crippen molar-refractivity contribution in [3.05, 3.63) is 364 Å². The summed E-state index contributed by atoms with van der Waals surface area (Å²) in [6.07, 6.45) is 0. The van der Waals surface area contributed by atoms with Crippen LogP contribution in [-0.4, -0.2) is 3.31 Å². The Kier molecular flexibility index (Phi) is 25.4. The molecule has 0 saturated carbocycles. The monoisotopic (exact) mass is 1240 g/mol. The molecule has 7 heteroatoms. The van der Waals surface area contributed by atoms with Crippen molar-refractivity contribution in [1.29, 1.82) is 0 Å². The maximum Gasteiger partial charge on any atom is -0.0134 e. The van der Waals surface area contributed by atoms with Gasteiger partial charge >= 0.3 is 45.7 Å². The first-order valence-electron chi connectivity index (χ1n) is 26.2. The van der Waals surface area contributed by atoms with Gasteiger partial charge in [0.05, 0.1) is 0 Å². The van der Waals surface area contributed by atoms with E-state index in [1.165, 1.54) is 63.7 Å². The number of hydrogen-bond acceptors (Lipinski definition) is 0. The van der Waals surface area contributed by atoms with E-state index in [1.54, 1.807) is 0 Å². The molecule has 0 atom stereocenters. The number of hydrogen-bond donors (Lipinski definition) is 0. The molecule has 0 aliphatic heterocycles. The van der Waals surface area contributed by atoms with Gasteiger partial charge in [-0.3, -0.25) is 0 Å². The quantitative estimate of drug-likeness (QED) is 0.0650. The Labute approximate surface area is 501 Å². The Bertz CT molecular complexity index is 2640. The third-order valence-corrected chi connectivity index (χ3v) is 21.9. The molecule has 0 N–H and O–H groups in total. The first-order valence-corrected chi connectivity index (χ1v) is 33.4. The van der Waals surface area contributed by atoms with Gasteiger partial charge in [-0.1, -0.05) is 364 Å². The zero-order chi connectivity index (χ0) is 55.2. The summed E-state index contributed by atoms with van der Waals surface area (Å²) in [7, 11) is -1.78. The van der Waals surface area contributed by atoms with Crippen molar-refractivity contribution in [3.8, 4) is 0 Å². The predicted octanol–water partition coefficient (Wildman–Crippen LogP) is 15.1. The number of alkyl halides is 2. The van der Waals surface area contributed by atoms with Crippen molar-refractivity contribution >= 4 is 119 Å². The number of rotatable bonds is 12. The molecule has 0 aliphatic carbocycles. The van der Waals surface area contributed by atoms with Crippen LogP contribution in [0.3, 0.4) is 0 Å². The van der Waals surface area contributed by atoms with Gasteiger partial charge in [0.2, 0.25) is 0 Å². The minimum Gasteiger partial charge on any atom is -0.0622 e. The van der Waals surface area contributed by atoms with Crippen LogP contribution in [0.4, 0.5) is 0 Å². The van der Waals surface area contributed by atoms with Crippen LogP contribution in [0.25, 0.3) is 0 Å². The minimum absolute atomic E-state index is 0.372. The SMILES string of the molecule is Cl[CH](Cl)[Pd].c1ccc(P(c2ccccc2)c2ccccc2)cc1.c1ccc(P(c2ccccc2)c2ccccc2)cc1.c1ccc(P(c2ccccc2)c2ccccc2)cc1.c1ccc(P(c2ccccc2)c2ccccc2)cc1. The van der Waals surface area contributed by atoms with E-state index in [0.29, 0.717) is 0 Å². The van der Waals surface area contributed by atoms with Gasteiger partial charge in [0.1, 0.15) is 0 Å². The molecule has 0 nitrogen and oxygen atoms in total. The molecule has 0 aromatic heterocycles. The van der Waals surface area contributed by atoms with Gasteiger partial charge in [-0.25, -0.2) is 0 Å². The van der Waals surface area contributed by atoms with Crippen molar-refractivity contribution < 1.29 is 19.2 Å². The van der Waals surface area contributed by atoms with E-state index in [4.69, 9.17) is 23.2 Å². The summed E-state index contributed by atoms with van der Waals surface area (Å²) in [5.41, 5.74) is 0. The van der Waals surface area contributed by atoms with Gasteiger partial charge in [0, 0.05) is 0 Å². The summed E-state index contributed by atoms with van der Waals surface area (Å²) in [4.78, 5) is 0. The van der Waals surface area contributed by atoms with E-state index in [2.05, 4.69) is 383 Å². The first-order chi connectivity index (χ1) is 39.5. The molecule has 0 fully saturated rings. The maximum absolute atomic E-state index is 4.97. The van der Waals surface area contributed by atoms with Gasteiger partial charge in [-0.15, -0.1) is 0 Å². The van der Waals surface area contributed by atoms with Crippen LogP contribution in [0.5, 0.6) is 0 Å². The fourth-order valence-corrected chi connectivity index (χ4v) is 17.9. The van der Waals surface area contributed by atoms with E-state index >= 15 is 0 Å². The average molecular weight is 1240 g/mol. The average Bonchev–Trinajstić information content (AvgIpc) is 3.53. The molecule has 12 rings (SSSR count). The molecular formula is C73H61Cl2P4Pd. The van der Waals surface area contributed by atoms with Crippen LogP contribution in [0, 0.1) is 0 Å². The van der Waals surface area contributed by atoms with Gasteiger partial charge < -0.3 is 0 Å². The van der Waals surface area contributed by atoms with Crippen molar-refractivity contribution in [2.75, 3.05) is 0 Å². The largest absolute Gasteiger partial charge is 0.0622 e. The molecule has 80 heavy (non-hydrogen) atoms. The smallest absolute Gasteiger partial charge is 0.0134 e. The second-order valence-electron chi connectivity index (χ2n) is 17.6. The molecule has 0 unspecified atom stereocenters. The van der Waals surface area contributed by atoms with Gasteiger partial charge in [-0.2, -0.15) is 0 Å². The van der Waals surface area contributed by atoms with Crippen LogP contribution < -0.4 is 63.7 Å². The van der Waals surface area contributed by atoms with Gasteiger partial charge in [0.25, 0.3) is 0 Å². The van der Waals surface area contributed by atoms with Crippen LogP contribution in [0.2, 0.25) is 0 Å². The molecule has 0 aliphatic rings. The molecule has 0 bridgehead atoms. The molecule has 397 valence electrons. The summed E-state index contributed by atoms with van der Waals surface area (Å²) in [6, 6.07) is 129. The molecule has 0 heterocycles. The van der Waals surface area contributed by atoms with Crippen LogP contribution in [0.1, 0.15) is 0 Å². The third kappa shape index (κ3) is 18.9. The zero-order valence-electron chi connectivity index (χ0n) is 44.1. The molecule has 0 radical (unpaired) electrons. The van der Waals surface area contributed by atoms with E-state index in [-0.39, 0.29) is 3.31 Å². The second-order valence-corrected chi connectivity index (χ2v) is 29.4. The summed E-state index contributed by atoms with van der Waals surface area (Å²) in [5.74, 6) is 0. The Hall–Kier alpha value is -6.40. The van der Waals surface area contributed by atoms with Crippen LogP contribution >= 0.6 is 54.9 Å². The van der Waals surface area contributed by atoms with Crippen LogP contribution in [-0.2, 0) is 19.2 Å². The van der Waals surface area contributed by atoms with Crippen molar-refractivity contribution in [2.24, 2.45) is 0 Å². The van der Waals surface area contributed by atoms with Crippen LogP contribution in [0.15, 0.2) is 364 Å². The summed E-state index contributed by atoms with van der Waals surface area (Å²) >= 11 is 12.5. The minimum atomic E-state index is -0.446. The summed E-state index contributed by atoms with van der Waals surface area (Å²) in [5, 5.41) is 16.8. The Balaban J connectivity index is 0.000000137. The second kappa shape index (κ2) is 34.0. The molecule has 0 spiro atoms. The normalized spacial score (nSPS) is 10.5. The molecule has 0 saturated heterocycles. The van der Waals surface area contributed by atoms with E-state index in [1.807, 2.05) is 0 Å². The Morgan fingerprint density at radius 3 is 0.287 bits per heavy atom. The topological polar surface area (TPSA) is 0 Å². The number of halogens is 2. The molecule has 12 aromatic rings. The summed E-state index contributed by atoms with van der Waals surface area (Å²) in [6.45, 7) is 0. The fraction of sp³-hybridized carbons (Fsp3) is 0.0137.